The van der Waals surface area contributed by atoms with Crippen LogP contribution in [-0.2, 0) is 0 Å². The van der Waals surface area contributed by atoms with Gasteiger partial charge in [0.05, 0.1) is 39.6 Å². The van der Waals surface area contributed by atoms with Crippen molar-refractivity contribution in [1.82, 2.24) is 4.90 Å². The van der Waals surface area contributed by atoms with Crippen LogP contribution in [0.3, 0.4) is 0 Å². The predicted molar refractivity (Wildman–Crippen MR) is 116 cm³/mol. The number of hydrogen-bond donors (Lipinski definition) is 0. The highest BCUT2D eigenvalue weighted by Gasteiger charge is 2.43. The van der Waals surface area contributed by atoms with Crippen LogP contribution in [0.2, 0.25) is 0 Å². The molecule has 0 atom stereocenters. The summed E-state index contributed by atoms with van der Waals surface area (Å²) >= 11 is 0. The lowest BCUT2D eigenvalue weighted by Gasteiger charge is -2.32. The molecule has 0 fully saturated rings. The van der Waals surface area contributed by atoms with Crippen molar-refractivity contribution in [2.24, 2.45) is 0 Å². The Morgan fingerprint density at radius 1 is 0.853 bits per heavy atom. The molecule has 34 heavy (non-hydrogen) atoms. The van der Waals surface area contributed by atoms with E-state index in [1.807, 2.05) is 13.0 Å². The van der Waals surface area contributed by atoms with Crippen LogP contribution >= 0.6 is 0 Å². The molecule has 2 aliphatic rings. The molecule has 0 radical (unpaired) electrons. The second kappa shape index (κ2) is 7.56. The molecule has 0 N–H and O–H groups in total. The number of benzene rings is 3. The molecule has 3 aromatic rings. The maximum absolute atomic E-state index is 15.3. The van der Waals surface area contributed by atoms with Gasteiger partial charge in [-0.1, -0.05) is 19.4 Å². The van der Waals surface area contributed by atoms with Crippen molar-refractivity contribution in [1.29, 1.82) is 5.26 Å². The first-order chi connectivity index (χ1) is 16.3. The van der Waals surface area contributed by atoms with Gasteiger partial charge >= 0.3 is 0 Å². The summed E-state index contributed by atoms with van der Waals surface area (Å²) in [6.07, 6.45) is 1.14. The van der Waals surface area contributed by atoms with Crippen molar-refractivity contribution in [2.45, 2.75) is 19.8 Å². The molecule has 0 unspecified atom stereocenters. The second-order valence-corrected chi connectivity index (χ2v) is 8.04. The molecule has 0 aliphatic carbocycles. The molecule has 9 heteroatoms. The molecule has 0 saturated carbocycles. The molecule has 7 nitrogen and oxygen atoms in total. The van der Waals surface area contributed by atoms with Gasteiger partial charge in [0.25, 0.3) is 23.6 Å². The molecule has 3 aromatic carbocycles. The number of unbranched alkanes of at least 4 members (excludes halogenated alkanes) is 1. The lowest BCUT2D eigenvalue weighted by Crippen LogP contribution is -2.44. The zero-order valence-corrected chi connectivity index (χ0v) is 17.8. The molecule has 2 aliphatic heterocycles. The van der Waals surface area contributed by atoms with E-state index in [4.69, 9.17) is 5.26 Å². The fourth-order valence-electron chi connectivity index (χ4n) is 4.49. The zero-order valence-electron chi connectivity index (χ0n) is 17.8. The van der Waals surface area contributed by atoms with Gasteiger partial charge in [-0.2, -0.15) is 5.26 Å². The summed E-state index contributed by atoms with van der Waals surface area (Å²) in [5.74, 6) is -5.81. The molecule has 0 aromatic heterocycles. The van der Waals surface area contributed by atoms with Crippen molar-refractivity contribution in [3.05, 3.63) is 75.8 Å². The number of anilines is 1. The van der Waals surface area contributed by atoms with Crippen LogP contribution in [0, 0.1) is 23.0 Å². The minimum Gasteiger partial charge on any atom is -0.274 e. The Morgan fingerprint density at radius 3 is 2.09 bits per heavy atom. The normalized spacial score (nSPS) is 14.8. The lowest BCUT2D eigenvalue weighted by molar-refractivity contribution is 0.0603. The number of amides is 4. The van der Waals surface area contributed by atoms with E-state index in [-0.39, 0.29) is 39.7 Å². The first-order valence-electron chi connectivity index (χ1n) is 10.5. The first-order valence-corrected chi connectivity index (χ1v) is 10.5. The summed E-state index contributed by atoms with van der Waals surface area (Å²) in [6.45, 7) is 1.88. The van der Waals surface area contributed by atoms with Crippen LogP contribution in [0.25, 0.3) is 10.8 Å². The van der Waals surface area contributed by atoms with Gasteiger partial charge in [-0.05, 0) is 36.8 Å². The van der Waals surface area contributed by atoms with E-state index in [9.17, 15) is 19.2 Å². The average molecular weight is 459 g/mol. The summed E-state index contributed by atoms with van der Waals surface area (Å²) < 4.78 is 30.6. The molecule has 5 rings (SSSR count). The van der Waals surface area contributed by atoms with Crippen LogP contribution in [0.4, 0.5) is 14.5 Å². The van der Waals surface area contributed by atoms with Gasteiger partial charge in [0.2, 0.25) is 0 Å². The van der Waals surface area contributed by atoms with E-state index in [1.54, 1.807) is 0 Å². The summed E-state index contributed by atoms with van der Waals surface area (Å²) in [6, 6.07) is 9.07. The van der Waals surface area contributed by atoms with Gasteiger partial charge in [0.15, 0.2) is 0 Å². The summed E-state index contributed by atoms with van der Waals surface area (Å²) in [5.41, 5.74) is -1.47. The van der Waals surface area contributed by atoms with Crippen molar-refractivity contribution in [2.75, 3.05) is 11.4 Å². The number of rotatable bonds is 4. The van der Waals surface area contributed by atoms with Gasteiger partial charge in [0, 0.05) is 17.3 Å². The van der Waals surface area contributed by atoms with Gasteiger partial charge in [-0.25, -0.2) is 13.7 Å². The first kappa shape index (κ1) is 21.4. The number of hydrogen-bond acceptors (Lipinski definition) is 5. The summed E-state index contributed by atoms with van der Waals surface area (Å²) in [4.78, 5) is 54.2. The number of carbonyl (C=O) groups is 4. The maximum atomic E-state index is 15.3. The van der Waals surface area contributed by atoms with E-state index in [0.717, 1.165) is 17.0 Å². The van der Waals surface area contributed by atoms with Crippen molar-refractivity contribution in [3.63, 3.8) is 0 Å². The Kier molecular flexibility index (Phi) is 4.76. The number of nitrogens with zero attached hydrogens (tertiary/aromatic N) is 3. The quantitative estimate of drug-likeness (QED) is 0.545. The van der Waals surface area contributed by atoms with Gasteiger partial charge < -0.3 is 0 Å². The number of carbonyl (C=O) groups excluding carboxylic acids is 4. The van der Waals surface area contributed by atoms with Crippen molar-refractivity contribution in [3.8, 4) is 6.07 Å². The Bertz CT molecular complexity index is 1520. The highest BCUT2D eigenvalue weighted by molar-refractivity contribution is 6.39. The second-order valence-electron chi connectivity index (χ2n) is 8.04. The third kappa shape index (κ3) is 2.78. The molecular formula is C25H15F2N3O4. The minimum absolute atomic E-state index is 0.00537. The lowest BCUT2D eigenvalue weighted by atomic mass is 9.85. The maximum Gasteiger partial charge on any atom is 0.268 e. The van der Waals surface area contributed by atoms with E-state index in [1.165, 1.54) is 24.3 Å². The fourth-order valence-corrected chi connectivity index (χ4v) is 4.49. The van der Waals surface area contributed by atoms with Gasteiger partial charge in [-0.15, -0.1) is 0 Å². The Hall–Kier alpha value is -4.45. The van der Waals surface area contributed by atoms with Gasteiger partial charge in [-0.3, -0.25) is 24.1 Å². The highest BCUT2D eigenvalue weighted by Crippen LogP contribution is 2.41. The smallest absolute Gasteiger partial charge is 0.268 e. The zero-order chi connectivity index (χ0) is 24.3. The average Bonchev–Trinajstić information content (AvgIpc) is 2.82. The molecule has 4 amide bonds. The highest BCUT2D eigenvalue weighted by atomic mass is 19.1. The molecule has 0 bridgehead atoms. The third-order valence-corrected chi connectivity index (χ3v) is 6.06. The predicted octanol–water partition coefficient (Wildman–Crippen LogP) is 4.19. The van der Waals surface area contributed by atoms with E-state index < -0.39 is 46.4 Å². The fraction of sp³-hybridized carbons (Fsp3) is 0.160. The Labute approximate surface area is 191 Å². The van der Waals surface area contributed by atoms with Crippen LogP contribution in [0.5, 0.6) is 0 Å². The monoisotopic (exact) mass is 459 g/mol. The molecule has 0 saturated heterocycles. The van der Waals surface area contributed by atoms with Crippen LogP contribution in [0.1, 0.15) is 66.8 Å². The van der Waals surface area contributed by atoms with Crippen LogP contribution in [0.15, 0.2) is 36.4 Å². The Balaban J connectivity index is 1.80. The van der Waals surface area contributed by atoms with Gasteiger partial charge in [0.1, 0.15) is 11.6 Å². The van der Waals surface area contributed by atoms with E-state index in [2.05, 4.69) is 0 Å². The van der Waals surface area contributed by atoms with Crippen molar-refractivity contribution < 1.29 is 28.0 Å². The van der Waals surface area contributed by atoms with Crippen LogP contribution in [-0.4, -0.2) is 35.1 Å². The molecular weight excluding hydrogens is 444 g/mol. The summed E-state index contributed by atoms with van der Waals surface area (Å²) in [7, 11) is 0. The van der Waals surface area contributed by atoms with Crippen molar-refractivity contribution >= 4 is 40.1 Å². The SMILES string of the molecule is CCCCN1C(=O)c2cc(F)c3c4c(cc(F)c(c24)C1=O)C(=O)N(c1cccc(C#N)c1)C3=O. The topological polar surface area (TPSA) is 98.6 Å². The Morgan fingerprint density at radius 2 is 1.47 bits per heavy atom. The van der Waals surface area contributed by atoms with E-state index >= 15 is 8.78 Å². The molecule has 0 spiro atoms. The third-order valence-electron chi connectivity index (χ3n) is 6.06. The summed E-state index contributed by atoms with van der Waals surface area (Å²) in [5, 5.41) is 8.66. The standard InChI is InChI=1S/C25H15F2N3O4/c1-2-3-7-29-22(31)14-9-17(27)21-19-15(10-16(26)20(18(14)19)24(29)33)23(32)30(25(21)34)13-6-4-5-12(8-13)11-28/h4-6,8-10H,2-3,7H2,1H3. The number of nitriles is 1. The number of imide groups is 2. The minimum atomic E-state index is -1.07. The van der Waals surface area contributed by atoms with E-state index in [0.29, 0.717) is 17.7 Å². The van der Waals surface area contributed by atoms with Crippen LogP contribution < -0.4 is 4.90 Å². The number of halogens is 2. The largest absolute Gasteiger partial charge is 0.274 e. The molecule has 168 valence electrons. The molecule has 2 heterocycles.